The highest BCUT2D eigenvalue weighted by atomic mass is 32.2. The first-order chi connectivity index (χ1) is 16.2. The van der Waals surface area contributed by atoms with Crippen molar-refractivity contribution in [3.05, 3.63) is 96.3 Å². The molecule has 0 bridgehead atoms. The minimum Gasteiger partial charge on any atom is -0.344 e. The van der Waals surface area contributed by atoms with Crippen LogP contribution in [0.15, 0.2) is 90.3 Å². The number of rotatable bonds is 8. The number of pyridine rings is 1. The molecule has 1 saturated carbocycles. The Morgan fingerprint density at radius 2 is 1.55 bits per heavy atom. The number of hydrogen-bond donors (Lipinski definition) is 1. The van der Waals surface area contributed by atoms with Gasteiger partial charge in [0, 0.05) is 24.0 Å². The Hall–Kier alpha value is -3.45. The zero-order valence-electron chi connectivity index (χ0n) is 18.3. The second-order valence-corrected chi connectivity index (χ2v) is 9.47. The molecule has 0 saturated heterocycles. The van der Waals surface area contributed by atoms with Gasteiger partial charge in [0.25, 0.3) is 0 Å². The van der Waals surface area contributed by atoms with E-state index in [-0.39, 0.29) is 17.2 Å². The van der Waals surface area contributed by atoms with E-state index in [1.165, 1.54) is 11.8 Å². The van der Waals surface area contributed by atoms with Gasteiger partial charge in [0.1, 0.15) is 0 Å². The summed E-state index contributed by atoms with van der Waals surface area (Å²) in [5.74, 6) is 0.801. The van der Waals surface area contributed by atoms with Crippen LogP contribution in [0.1, 0.15) is 43.0 Å². The third kappa shape index (κ3) is 4.83. The maximum atomic E-state index is 13.3. The summed E-state index contributed by atoms with van der Waals surface area (Å²) in [5.41, 5.74) is 3.09. The molecule has 5 rings (SSSR count). The molecule has 1 unspecified atom stereocenters. The molecule has 2 heterocycles. The lowest BCUT2D eigenvalue weighted by Gasteiger charge is -2.22. The molecule has 1 amide bonds. The van der Waals surface area contributed by atoms with Crippen molar-refractivity contribution in [3.63, 3.8) is 0 Å². The SMILES string of the molecule is CC(Sc1nnc(-c2ccncc2)n1C1CC1)C(=O)NC(c1ccccc1)c1ccccc1. The quantitative estimate of drug-likeness (QED) is 0.376. The van der Waals surface area contributed by atoms with E-state index < -0.39 is 0 Å². The standard InChI is InChI=1S/C26H25N5OS/c1-18(25(32)28-23(19-8-4-2-5-9-19)20-10-6-3-7-11-20)33-26-30-29-24(31(26)22-12-13-22)21-14-16-27-17-15-21/h2-11,14-18,22-23H,12-13H2,1H3,(H,28,32). The summed E-state index contributed by atoms with van der Waals surface area (Å²) in [5, 5.41) is 12.6. The van der Waals surface area contributed by atoms with E-state index in [2.05, 4.69) is 25.1 Å². The van der Waals surface area contributed by atoms with Crippen LogP contribution in [-0.4, -0.2) is 30.9 Å². The van der Waals surface area contributed by atoms with Crippen LogP contribution in [0.3, 0.4) is 0 Å². The summed E-state index contributed by atoms with van der Waals surface area (Å²) in [6, 6.07) is 24.2. The van der Waals surface area contributed by atoms with Crippen LogP contribution in [0, 0.1) is 0 Å². The zero-order valence-corrected chi connectivity index (χ0v) is 19.2. The summed E-state index contributed by atoms with van der Waals surface area (Å²) < 4.78 is 2.18. The maximum absolute atomic E-state index is 13.3. The first-order valence-electron chi connectivity index (χ1n) is 11.1. The number of nitrogens with one attached hydrogen (secondary N) is 1. The first-order valence-corrected chi connectivity index (χ1v) is 12.0. The molecule has 2 aromatic heterocycles. The molecule has 1 N–H and O–H groups in total. The molecule has 1 aliphatic carbocycles. The summed E-state index contributed by atoms with van der Waals surface area (Å²) in [7, 11) is 0. The number of hydrogen-bond acceptors (Lipinski definition) is 5. The highest BCUT2D eigenvalue weighted by Gasteiger charge is 2.32. The lowest BCUT2D eigenvalue weighted by molar-refractivity contribution is -0.120. The highest BCUT2D eigenvalue weighted by molar-refractivity contribution is 8.00. The van der Waals surface area contributed by atoms with E-state index >= 15 is 0 Å². The molecule has 7 heteroatoms. The Kier molecular flexibility index (Phi) is 6.21. The number of benzene rings is 2. The molecule has 4 aromatic rings. The van der Waals surface area contributed by atoms with Crippen molar-refractivity contribution in [2.45, 2.75) is 42.3 Å². The Bertz CT molecular complexity index is 1170. The van der Waals surface area contributed by atoms with Crippen molar-refractivity contribution in [1.82, 2.24) is 25.1 Å². The van der Waals surface area contributed by atoms with Gasteiger partial charge < -0.3 is 5.32 Å². The number of carbonyl (C=O) groups is 1. The number of nitrogens with zero attached hydrogens (tertiary/aromatic N) is 4. The van der Waals surface area contributed by atoms with Crippen molar-refractivity contribution in [2.75, 3.05) is 0 Å². The number of carbonyl (C=O) groups excluding carboxylic acids is 1. The minimum absolute atomic E-state index is 0.0338. The minimum atomic E-state index is -0.327. The molecule has 0 aliphatic heterocycles. The lowest BCUT2D eigenvalue weighted by atomic mass is 9.98. The molecule has 1 aliphatic rings. The summed E-state index contributed by atoms with van der Waals surface area (Å²) >= 11 is 1.46. The summed E-state index contributed by atoms with van der Waals surface area (Å²) in [4.78, 5) is 17.4. The molecule has 0 radical (unpaired) electrons. The van der Waals surface area contributed by atoms with Gasteiger partial charge in [0.15, 0.2) is 11.0 Å². The lowest BCUT2D eigenvalue weighted by Crippen LogP contribution is -2.35. The fourth-order valence-corrected chi connectivity index (χ4v) is 4.77. The van der Waals surface area contributed by atoms with Crippen LogP contribution in [0.5, 0.6) is 0 Å². The number of amides is 1. The molecule has 6 nitrogen and oxygen atoms in total. The normalized spacial score (nSPS) is 14.2. The van der Waals surface area contributed by atoms with Gasteiger partial charge in [-0.25, -0.2) is 0 Å². The average Bonchev–Trinajstić information content (AvgIpc) is 3.63. The molecule has 166 valence electrons. The van der Waals surface area contributed by atoms with Gasteiger partial charge in [0.2, 0.25) is 5.91 Å². The molecule has 1 atom stereocenters. The van der Waals surface area contributed by atoms with E-state index in [0.717, 1.165) is 40.5 Å². The molecular formula is C26H25N5OS. The van der Waals surface area contributed by atoms with Crippen molar-refractivity contribution in [1.29, 1.82) is 0 Å². The van der Waals surface area contributed by atoms with E-state index in [1.807, 2.05) is 79.7 Å². The Labute approximate surface area is 197 Å². The van der Waals surface area contributed by atoms with Gasteiger partial charge >= 0.3 is 0 Å². The second-order valence-electron chi connectivity index (χ2n) is 8.17. The van der Waals surface area contributed by atoms with Crippen LogP contribution < -0.4 is 5.32 Å². The van der Waals surface area contributed by atoms with E-state index in [1.54, 1.807) is 12.4 Å². The van der Waals surface area contributed by atoms with Gasteiger partial charge in [-0.1, -0.05) is 72.4 Å². The fraction of sp³-hybridized carbons (Fsp3) is 0.231. The van der Waals surface area contributed by atoms with Gasteiger partial charge in [-0.15, -0.1) is 10.2 Å². The molecular weight excluding hydrogens is 430 g/mol. The smallest absolute Gasteiger partial charge is 0.234 e. The van der Waals surface area contributed by atoms with E-state index in [0.29, 0.717) is 6.04 Å². The highest BCUT2D eigenvalue weighted by Crippen LogP contribution is 2.41. The van der Waals surface area contributed by atoms with Crippen molar-refractivity contribution in [3.8, 4) is 11.4 Å². The third-order valence-corrected chi connectivity index (χ3v) is 6.78. The maximum Gasteiger partial charge on any atom is 0.234 e. The molecule has 33 heavy (non-hydrogen) atoms. The topological polar surface area (TPSA) is 72.7 Å². The van der Waals surface area contributed by atoms with Gasteiger partial charge in [-0.05, 0) is 43.0 Å². The zero-order chi connectivity index (χ0) is 22.6. The van der Waals surface area contributed by atoms with Crippen molar-refractivity contribution >= 4 is 17.7 Å². The van der Waals surface area contributed by atoms with Crippen LogP contribution in [-0.2, 0) is 4.79 Å². The fourth-order valence-electron chi connectivity index (χ4n) is 3.84. The predicted molar refractivity (Wildman–Crippen MR) is 130 cm³/mol. The van der Waals surface area contributed by atoms with Gasteiger partial charge in [-0.3, -0.25) is 14.3 Å². The third-order valence-electron chi connectivity index (χ3n) is 5.72. The van der Waals surface area contributed by atoms with E-state index in [4.69, 9.17) is 0 Å². The Morgan fingerprint density at radius 3 is 2.12 bits per heavy atom. The Morgan fingerprint density at radius 1 is 0.939 bits per heavy atom. The number of aromatic nitrogens is 4. The van der Waals surface area contributed by atoms with Crippen LogP contribution in [0.2, 0.25) is 0 Å². The number of thioether (sulfide) groups is 1. The monoisotopic (exact) mass is 455 g/mol. The van der Waals surface area contributed by atoms with Gasteiger partial charge in [-0.2, -0.15) is 0 Å². The van der Waals surface area contributed by atoms with Gasteiger partial charge in [0.05, 0.1) is 11.3 Å². The van der Waals surface area contributed by atoms with Crippen LogP contribution >= 0.6 is 11.8 Å². The Balaban J connectivity index is 1.36. The van der Waals surface area contributed by atoms with Crippen molar-refractivity contribution in [2.24, 2.45) is 0 Å². The molecule has 1 fully saturated rings. The molecule has 2 aromatic carbocycles. The predicted octanol–water partition coefficient (Wildman–Crippen LogP) is 5.06. The average molecular weight is 456 g/mol. The molecule has 0 spiro atoms. The largest absolute Gasteiger partial charge is 0.344 e. The van der Waals surface area contributed by atoms with Crippen LogP contribution in [0.4, 0.5) is 0 Å². The summed E-state index contributed by atoms with van der Waals surface area (Å²) in [6.45, 7) is 1.92. The summed E-state index contributed by atoms with van der Waals surface area (Å²) in [6.07, 6.45) is 5.73. The second kappa shape index (κ2) is 9.58. The first kappa shape index (κ1) is 21.4. The van der Waals surface area contributed by atoms with E-state index in [9.17, 15) is 4.79 Å². The van der Waals surface area contributed by atoms with Crippen molar-refractivity contribution < 1.29 is 4.79 Å². The van der Waals surface area contributed by atoms with Crippen LogP contribution in [0.25, 0.3) is 11.4 Å².